The summed E-state index contributed by atoms with van der Waals surface area (Å²) in [6.45, 7) is 3.15. The third-order valence-electron chi connectivity index (χ3n) is 3.38. The Bertz CT molecular complexity index is 559. The van der Waals surface area contributed by atoms with Gasteiger partial charge in [0, 0.05) is 18.3 Å². The van der Waals surface area contributed by atoms with Crippen LogP contribution < -0.4 is 4.72 Å². The van der Waals surface area contributed by atoms with E-state index in [0.29, 0.717) is 0 Å². The summed E-state index contributed by atoms with van der Waals surface area (Å²) in [6, 6.07) is 0.262. The number of sulfonamides is 1. The van der Waals surface area contributed by atoms with Gasteiger partial charge < -0.3 is 0 Å². The van der Waals surface area contributed by atoms with Crippen molar-refractivity contribution in [3.05, 3.63) is 23.3 Å². The second-order valence-electron chi connectivity index (χ2n) is 5.06. The van der Waals surface area contributed by atoms with Crippen molar-refractivity contribution in [3.63, 3.8) is 0 Å². The zero-order valence-corrected chi connectivity index (χ0v) is 12.4. The smallest absolute Gasteiger partial charge is 0.209 e. The number of nitrogens with zero attached hydrogens (tertiary/aromatic N) is 3. The molecule has 0 spiro atoms. The van der Waals surface area contributed by atoms with Crippen LogP contribution in [-0.4, -0.2) is 43.1 Å². The van der Waals surface area contributed by atoms with Crippen LogP contribution in [0.2, 0.25) is 0 Å². The third-order valence-corrected chi connectivity index (χ3v) is 4.05. The van der Waals surface area contributed by atoms with Crippen molar-refractivity contribution in [2.24, 2.45) is 0 Å². The van der Waals surface area contributed by atoms with Gasteiger partial charge in [0.2, 0.25) is 10.0 Å². The van der Waals surface area contributed by atoms with Gasteiger partial charge in [-0.3, -0.25) is 4.90 Å². The fourth-order valence-corrected chi connectivity index (χ4v) is 2.82. The van der Waals surface area contributed by atoms with Crippen LogP contribution in [0.25, 0.3) is 0 Å². The molecular formula is C12H20N4O2S. The molecule has 1 saturated heterocycles. The molecule has 0 aliphatic carbocycles. The molecule has 0 bridgehead atoms. The molecule has 1 aromatic heterocycles. The van der Waals surface area contributed by atoms with Crippen LogP contribution in [-0.2, 0) is 16.6 Å². The van der Waals surface area contributed by atoms with Crippen LogP contribution in [0, 0.1) is 6.92 Å². The first-order chi connectivity index (χ1) is 8.87. The van der Waals surface area contributed by atoms with E-state index >= 15 is 0 Å². The molecule has 0 saturated carbocycles. The lowest BCUT2D eigenvalue weighted by Crippen LogP contribution is -2.25. The van der Waals surface area contributed by atoms with Gasteiger partial charge in [-0.05, 0) is 33.4 Å². The van der Waals surface area contributed by atoms with E-state index in [9.17, 15) is 8.42 Å². The second-order valence-corrected chi connectivity index (χ2v) is 6.89. The minimum absolute atomic E-state index is 0.249. The predicted molar refractivity (Wildman–Crippen MR) is 73.1 cm³/mol. The van der Waals surface area contributed by atoms with Crippen molar-refractivity contribution in [2.45, 2.75) is 32.4 Å². The number of likely N-dealkylation sites (tertiary alicyclic amines) is 1. The summed E-state index contributed by atoms with van der Waals surface area (Å²) in [5, 5.41) is 0. The average molecular weight is 284 g/mol. The lowest BCUT2D eigenvalue weighted by molar-refractivity contribution is 0.309. The van der Waals surface area contributed by atoms with E-state index in [4.69, 9.17) is 0 Å². The molecule has 1 N–H and O–H groups in total. The standard InChI is InChI=1S/C12H20N4O2S/c1-9-13-7-10(8-14-19(3,17)18)12(15-9)11-5-4-6-16(11)2/h7,11,14H,4-6,8H2,1-3H3/t11-/m1/s1. The first-order valence-corrected chi connectivity index (χ1v) is 8.23. The Morgan fingerprint density at radius 2 is 2.26 bits per heavy atom. The molecule has 6 nitrogen and oxygen atoms in total. The van der Waals surface area contributed by atoms with Crippen molar-refractivity contribution in [2.75, 3.05) is 19.8 Å². The average Bonchev–Trinajstić information content (AvgIpc) is 2.72. The summed E-state index contributed by atoms with van der Waals surface area (Å²) in [5.74, 6) is 0.721. The lowest BCUT2D eigenvalue weighted by Gasteiger charge is -2.21. The fourth-order valence-electron chi connectivity index (χ4n) is 2.40. The van der Waals surface area contributed by atoms with Gasteiger partial charge >= 0.3 is 0 Å². The predicted octanol–water partition coefficient (Wildman–Crippen LogP) is 0.601. The molecular weight excluding hydrogens is 264 g/mol. The van der Waals surface area contributed by atoms with E-state index in [1.165, 1.54) is 0 Å². The zero-order chi connectivity index (χ0) is 14.0. The van der Waals surface area contributed by atoms with Crippen molar-refractivity contribution in [1.29, 1.82) is 0 Å². The molecule has 2 heterocycles. The Kier molecular flexibility index (Phi) is 4.17. The molecule has 2 rings (SSSR count). The maximum atomic E-state index is 11.2. The van der Waals surface area contributed by atoms with Gasteiger partial charge in [0.1, 0.15) is 5.82 Å². The molecule has 1 atom stereocenters. The molecule has 1 aromatic rings. The number of rotatable bonds is 4. The van der Waals surface area contributed by atoms with Gasteiger partial charge in [0.25, 0.3) is 0 Å². The monoisotopic (exact) mass is 284 g/mol. The van der Waals surface area contributed by atoms with Gasteiger partial charge in [0.05, 0.1) is 18.0 Å². The number of nitrogens with one attached hydrogen (secondary N) is 1. The maximum absolute atomic E-state index is 11.2. The van der Waals surface area contributed by atoms with Crippen LogP contribution in [0.5, 0.6) is 0 Å². The van der Waals surface area contributed by atoms with Gasteiger partial charge in [-0.2, -0.15) is 0 Å². The molecule has 0 amide bonds. The van der Waals surface area contributed by atoms with Gasteiger partial charge in [-0.1, -0.05) is 0 Å². The summed E-state index contributed by atoms with van der Waals surface area (Å²) >= 11 is 0. The van der Waals surface area contributed by atoms with E-state index in [2.05, 4.69) is 26.6 Å². The summed E-state index contributed by atoms with van der Waals surface area (Å²) in [5.41, 5.74) is 1.80. The molecule has 0 aromatic carbocycles. The van der Waals surface area contributed by atoms with Crippen LogP contribution in [0.1, 0.15) is 36.0 Å². The van der Waals surface area contributed by atoms with E-state index < -0.39 is 10.0 Å². The van der Waals surface area contributed by atoms with Crippen LogP contribution in [0.3, 0.4) is 0 Å². The Labute approximate surface area is 114 Å². The molecule has 0 radical (unpaired) electrons. The molecule has 0 unspecified atom stereocenters. The highest BCUT2D eigenvalue weighted by Crippen LogP contribution is 2.30. The maximum Gasteiger partial charge on any atom is 0.209 e. The van der Waals surface area contributed by atoms with Crippen molar-refractivity contribution >= 4 is 10.0 Å². The van der Waals surface area contributed by atoms with Crippen molar-refractivity contribution in [3.8, 4) is 0 Å². The summed E-state index contributed by atoms with van der Waals surface area (Å²) in [7, 11) is -1.13. The SMILES string of the molecule is Cc1ncc(CNS(C)(=O)=O)c([C@H]2CCCN2C)n1. The quantitative estimate of drug-likeness (QED) is 0.876. The number of aromatic nitrogens is 2. The first kappa shape index (κ1) is 14.4. The van der Waals surface area contributed by atoms with E-state index in [0.717, 1.165) is 42.7 Å². The van der Waals surface area contributed by atoms with Crippen LogP contribution in [0.15, 0.2) is 6.20 Å². The molecule has 1 aliphatic heterocycles. The number of aryl methyl sites for hydroxylation is 1. The topological polar surface area (TPSA) is 75.2 Å². The minimum Gasteiger partial charge on any atom is -0.298 e. The second kappa shape index (κ2) is 5.52. The molecule has 19 heavy (non-hydrogen) atoms. The van der Waals surface area contributed by atoms with Gasteiger partial charge in [-0.15, -0.1) is 0 Å². The highest BCUT2D eigenvalue weighted by atomic mass is 32.2. The molecule has 7 heteroatoms. The minimum atomic E-state index is -3.21. The number of hydrogen-bond acceptors (Lipinski definition) is 5. The van der Waals surface area contributed by atoms with Gasteiger partial charge in [0.15, 0.2) is 0 Å². The summed E-state index contributed by atoms with van der Waals surface area (Å²) < 4.78 is 24.9. The summed E-state index contributed by atoms with van der Waals surface area (Å²) in [6.07, 6.45) is 5.08. The first-order valence-electron chi connectivity index (χ1n) is 6.34. The summed E-state index contributed by atoms with van der Waals surface area (Å²) in [4.78, 5) is 10.9. The van der Waals surface area contributed by atoms with Crippen molar-refractivity contribution in [1.82, 2.24) is 19.6 Å². The van der Waals surface area contributed by atoms with E-state index in [1.807, 2.05) is 6.92 Å². The third kappa shape index (κ3) is 3.71. The van der Waals surface area contributed by atoms with E-state index in [-0.39, 0.29) is 12.6 Å². The van der Waals surface area contributed by atoms with Gasteiger partial charge in [-0.25, -0.2) is 23.1 Å². The van der Waals surface area contributed by atoms with Crippen molar-refractivity contribution < 1.29 is 8.42 Å². The lowest BCUT2D eigenvalue weighted by atomic mass is 10.1. The Morgan fingerprint density at radius 3 is 2.84 bits per heavy atom. The van der Waals surface area contributed by atoms with E-state index in [1.54, 1.807) is 6.20 Å². The Balaban J connectivity index is 2.27. The highest BCUT2D eigenvalue weighted by molar-refractivity contribution is 7.88. The Morgan fingerprint density at radius 1 is 1.53 bits per heavy atom. The van der Waals surface area contributed by atoms with Crippen LogP contribution in [0.4, 0.5) is 0 Å². The molecule has 1 fully saturated rings. The molecule has 1 aliphatic rings. The fraction of sp³-hybridized carbons (Fsp3) is 0.667. The highest BCUT2D eigenvalue weighted by Gasteiger charge is 2.26. The molecule has 106 valence electrons. The zero-order valence-electron chi connectivity index (χ0n) is 11.5. The largest absolute Gasteiger partial charge is 0.298 e. The number of hydrogen-bond donors (Lipinski definition) is 1. The Hall–Kier alpha value is -1.05. The van der Waals surface area contributed by atoms with Crippen LogP contribution >= 0.6 is 0 Å². The normalized spacial score (nSPS) is 20.9.